The molecular formula is C13H24N4O. The summed E-state index contributed by atoms with van der Waals surface area (Å²) in [6, 6.07) is 2.20. The van der Waals surface area contributed by atoms with Crippen molar-refractivity contribution >= 4 is 11.8 Å². The Labute approximate surface area is 109 Å². The van der Waals surface area contributed by atoms with Crippen molar-refractivity contribution < 1.29 is 4.74 Å². The standard InChI is InChI=1S/C13H24N4O/c1-6-18-8-11(9(2)3)16-12-7-10(4)15-13(14-5)17-12/h7,9,11H,6,8H2,1-5H3,(H2,14,15,16,17). The van der Waals surface area contributed by atoms with Crippen LogP contribution in [0, 0.1) is 12.8 Å². The Morgan fingerprint density at radius 1 is 1.33 bits per heavy atom. The molecule has 0 aliphatic rings. The first-order valence-electron chi connectivity index (χ1n) is 6.44. The van der Waals surface area contributed by atoms with Crippen molar-refractivity contribution in [2.75, 3.05) is 30.9 Å². The van der Waals surface area contributed by atoms with Crippen molar-refractivity contribution in [1.29, 1.82) is 0 Å². The summed E-state index contributed by atoms with van der Waals surface area (Å²) in [5, 5.41) is 6.37. The Bertz CT molecular complexity index is 368. The highest BCUT2D eigenvalue weighted by Gasteiger charge is 2.14. The topological polar surface area (TPSA) is 59.1 Å². The Morgan fingerprint density at radius 2 is 2.06 bits per heavy atom. The summed E-state index contributed by atoms with van der Waals surface area (Å²) in [6.07, 6.45) is 0. The Balaban J connectivity index is 2.76. The highest BCUT2D eigenvalue weighted by atomic mass is 16.5. The fourth-order valence-electron chi connectivity index (χ4n) is 1.59. The van der Waals surface area contributed by atoms with Crippen LogP contribution in [-0.4, -0.2) is 36.3 Å². The third kappa shape index (κ3) is 4.49. The maximum Gasteiger partial charge on any atom is 0.224 e. The third-order valence-electron chi connectivity index (χ3n) is 2.72. The molecule has 5 heteroatoms. The second-order valence-electron chi connectivity index (χ2n) is 4.62. The number of hydrogen-bond donors (Lipinski definition) is 2. The van der Waals surface area contributed by atoms with Gasteiger partial charge in [-0.1, -0.05) is 13.8 Å². The fraction of sp³-hybridized carbons (Fsp3) is 0.692. The molecule has 5 nitrogen and oxygen atoms in total. The maximum absolute atomic E-state index is 5.49. The highest BCUT2D eigenvalue weighted by molar-refractivity contribution is 5.42. The number of ether oxygens (including phenoxy) is 1. The van der Waals surface area contributed by atoms with Crippen LogP contribution in [0.3, 0.4) is 0 Å². The SMILES string of the molecule is CCOCC(Nc1cc(C)nc(NC)n1)C(C)C. The molecule has 2 N–H and O–H groups in total. The molecule has 0 saturated heterocycles. The predicted molar refractivity (Wildman–Crippen MR) is 75.1 cm³/mol. The van der Waals surface area contributed by atoms with Gasteiger partial charge in [-0.3, -0.25) is 0 Å². The van der Waals surface area contributed by atoms with Gasteiger partial charge in [-0.15, -0.1) is 0 Å². The second kappa shape index (κ2) is 7.16. The molecule has 0 radical (unpaired) electrons. The molecule has 0 bridgehead atoms. The number of aromatic nitrogens is 2. The Kier molecular flexibility index (Phi) is 5.85. The van der Waals surface area contributed by atoms with Gasteiger partial charge in [0.15, 0.2) is 0 Å². The largest absolute Gasteiger partial charge is 0.380 e. The first-order chi connectivity index (χ1) is 8.56. The molecule has 1 aromatic rings. The lowest BCUT2D eigenvalue weighted by atomic mass is 10.1. The molecule has 1 atom stereocenters. The van der Waals surface area contributed by atoms with Crippen LogP contribution in [0.5, 0.6) is 0 Å². The number of rotatable bonds is 7. The van der Waals surface area contributed by atoms with Gasteiger partial charge < -0.3 is 15.4 Å². The van der Waals surface area contributed by atoms with Crippen LogP contribution in [0.1, 0.15) is 26.5 Å². The third-order valence-corrected chi connectivity index (χ3v) is 2.72. The minimum atomic E-state index is 0.254. The minimum absolute atomic E-state index is 0.254. The molecule has 0 saturated carbocycles. The van der Waals surface area contributed by atoms with Crippen LogP contribution in [0.25, 0.3) is 0 Å². The molecule has 1 unspecified atom stereocenters. The van der Waals surface area contributed by atoms with Crippen LogP contribution in [0.2, 0.25) is 0 Å². The summed E-state index contributed by atoms with van der Waals surface area (Å²) in [6.45, 7) is 9.72. The number of nitrogens with zero attached hydrogens (tertiary/aromatic N) is 2. The quantitative estimate of drug-likeness (QED) is 0.779. The van der Waals surface area contributed by atoms with Gasteiger partial charge in [0.05, 0.1) is 12.6 Å². The lowest BCUT2D eigenvalue weighted by Gasteiger charge is -2.23. The van der Waals surface area contributed by atoms with Crippen LogP contribution in [0.4, 0.5) is 11.8 Å². The molecule has 0 fully saturated rings. The molecule has 0 spiro atoms. The first kappa shape index (κ1) is 14.7. The van der Waals surface area contributed by atoms with E-state index in [0.29, 0.717) is 18.5 Å². The Morgan fingerprint density at radius 3 is 2.61 bits per heavy atom. The van der Waals surface area contributed by atoms with E-state index in [9.17, 15) is 0 Å². The molecular weight excluding hydrogens is 228 g/mol. The number of aryl methyl sites for hydroxylation is 1. The summed E-state index contributed by atoms with van der Waals surface area (Å²) in [5.41, 5.74) is 0.941. The smallest absolute Gasteiger partial charge is 0.224 e. The van der Waals surface area contributed by atoms with Crippen LogP contribution in [0.15, 0.2) is 6.07 Å². The average molecular weight is 252 g/mol. The van der Waals surface area contributed by atoms with Crippen LogP contribution < -0.4 is 10.6 Å². The normalized spacial score (nSPS) is 12.6. The Hall–Kier alpha value is -1.36. The van der Waals surface area contributed by atoms with E-state index in [0.717, 1.165) is 18.1 Å². The van der Waals surface area contributed by atoms with E-state index in [1.807, 2.05) is 27.0 Å². The van der Waals surface area contributed by atoms with Crippen molar-refractivity contribution in [2.24, 2.45) is 5.92 Å². The molecule has 1 rings (SSSR count). The second-order valence-corrected chi connectivity index (χ2v) is 4.62. The molecule has 1 aromatic heterocycles. The van der Waals surface area contributed by atoms with E-state index in [4.69, 9.17) is 4.74 Å². The molecule has 0 amide bonds. The number of hydrogen-bond acceptors (Lipinski definition) is 5. The monoisotopic (exact) mass is 252 g/mol. The summed E-state index contributed by atoms with van der Waals surface area (Å²) in [7, 11) is 1.82. The first-order valence-corrected chi connectivity index (χ1v) is 6.44. The van der Waals surface area contributed by atoms with E-state index in [2.05, 4.69) is 34.4 Å². The molecule has 102 valence electrons. The lowest BCUT2D eigenvalue weighted by molar-refractivity contribution is 0.126. The summed E-state index contributed by atoms with van der Waals surface area (Å²) >= 11 is 0. The number of nitrogens with one attached hydrogen (secondary N) is 2. The fourth-order valence-corrected chi connectivity index (χ4v) is 1.59. The highest BCUT2D eigenvalue weighted by Crippen LogP contribution is 2.14. The summed E-state index contributed by atoms with van der Waals surface area (Å²) in [4.78, 5) is 8.67. The van der Waals surface area contributed by atoms with Crippen molar-refractivity contribution in [2.45, 2.75) is 33.7 Å². The van der Waals surface area contributed by atoms with E-state index in [-0.39, 0.29) is 6.04 Å². The zero-order valence-corrected chi connectivity index (χ0v) is 11.9. The van der Waals surface area contributed by atoms with Gasteiger partial charge >= 0.3 is 0 Å². The maximum atomic E-state index is 5.49. The zero-order chi connectivity index (χ0) is 13.5. The van der Waals surface area contributed by atoms with Gasteiger partial charge in [-0.05, 0) is 19.8 Å². The van der Waals surface area contributed by atoms with Crippen molar-refractivity contribution in [3.63, 3.8) is 0 Å². The van der Waals surface area contributed by atoms with Gasteiger partial charge in [0.1, 0.15) is 5.82 Å². The van der Waals surface area contributed by atoms with Crippen LogP contribution >= 0.6 is 0 Å². The molecule has 0 aromatic carbocycles. The zero-order valence-electron chi connectivity index (χ0n) is 11.9. The van der Waals surface area contributed by atoms with Crippen LogP contribution in [-0.2, 0) is 4.74 Å². The van der Waals surface area contributed by atoms with E-state index in [1.165, 1.54) is 0 Å². The molecule has 1 heterocycles. The lowest BCUT2D eigenvalue weighted by Crippen LogP contribution is -2.31. The number of anilines is 2. The van der Waals surface area contributed by atoms with Gasteiger partial charge in [-0.2, -0.15) is 4.98 Å². The average Bonchev–Trinajstić information content (AvgIpc) is 2.33. The van der Waals surface area contributed by atoms with Gasteiger partial charge in [-0.25, -0.2) is 4.98 Å². The van der Waals surface area contributed by atoms with Crippen molar-refractivity contribution in [3.05, 3.63) is 11.8 Å². The van der Waals surface area contributed by atoms with Gasteiger partial charge in [0, 0.05) is 25.4 Å². The van der Waals surface area contributed by atoms with Gasteiger partial charge in [0.2, 0.25) is 5.95 Å². The van der Waals surface area contributed by atoms with Crippen molar-refractivity contribution in [3.8, 4) is 0 Å². The van der Waals surface area contributed by atoms with Gasteiger partial charge in [0.25, 0.3) is 0 Å². The molecule has 0 aliphatic carbocycles. The molecule has 0 aliphatic heterocycles. The predicted octanol–water partition coefficient (Wildman–Crippen LogP) is 2.30. The van der Waals surface area contributed by atoms with E-state index < -0.39 is 0 Å². The minimum Gasteiger partial charge on any atom is -0.380 e. The van der Waals surface area contributed by atoms with E-state index >= 15 is 0 Å². The van der Waals surface area contributed by atoms with E-state index in [1.54, 1.807) is 0 Å². The summed E-state index contributed by atoms with van der Waals surface area (Å²) in [5.74, 6) is 1.95. The van der Waals surface area contributed by atoms with Crippen molar-refractivity contribution in [1.82, 2.24) is 9.97 Å². The molecule has 18 heavy (non-hydrogen) atoms. The summed E-state index contributed by atoms with van der Waals surface area (Å²) < 4.78 is 5.49.